The van der Waals surface area contributed by atoms with E-state index in [4.69, 9.17) is 14.6 Å². The SMILES string of the molecule is O=C(/C=C/c1cn(-c2ccccc2)nc1-c1ccc2c(c1)OCCO2)N1CCN(c2ccccc2O)CC1. The highest BCUT2D eigenvalue weighted by Gasteiger charge is 2.22. The van der Waals surface area contributed by atoms with E-state index in [-0.39, 0.29) is 11.7 Å². The van der Waals surface area contributed by atoms with Crippen molar-refractivity contribution in [2.75, 3.05) is 44.3 Å². The first kappa shape index (κ1) is 23.7. The maximum atomic E-state index is 13.1. The molecule has 3 aromatic carbocycles. The molecular formula is C30H28N4O4. The Labute approximate surface area is 220 Å². The number of nitrogens with zero attached hydrogens (tertiary/aromatic N) is 4. The first-order valence-corrected chi connectivity index (χ1v) is 12.7. The lowest BCUT2D eigenvalue weighted by Crippen LogP contribution is -2.48. The van der Waals surface area contributed by atoms with E-state index < -0.39 is 0 Å². The summed E-state index contributed by atoms with van der Waals surface area (Å²) in [5.74, 6) is 1.62. The summed E-state index contributed by atoms with van der Waals surface area (Å²) in [4.78, 5) is 17.0. The van der Waals surface area contributed by atoms with Gasteiger partial charge in [-0.3, -0.25) is 4.79 Å². The van der Waals surface area contributed by atoms with E-state index in [1.807, 2.05) is 88.6 Å². The van der Waals surface area contributed by atoms with Gasteiger partial charge in [0.1, 0.15) is 24.7 Å². The first-order valence-electron chi connectivity index (χ1n) is 12.7. The van der Waals surface area contributed by atoms with E-state index in [1.165, 1.54) is 0 Å². The first-order chi connectivity index (χ1) is 18.7. The quantitative estimate of drug-likeness (QED) is 0.403. The van der Waals surface area contributed by atoms with Crippen molar-refractivity contribution in [2.45, 2.75) is 0 Å². The lowest BCUT2D eigenvalue weighted by atomic mass is 10.1. The molecule has 2 aliphatic heterocycles. The van der Waals surface area contributed by atoms with E-state index >= 15 is 0 Å². The summed E-state index contributed by atoms with van der Waals surface area (Å²) < 4.78 is 13.3. The highest BCUT2D eigenvalue weighted by molar-refractivity contribution is 5.93. The summed E-state index contributed by atoms with van der Waals surface area (Å²) in [6.07, 6.45) is 5.38. The molecule has 1 amide bonds. The molecule has 8 nitrogen and oxygen atoms in total. The van der Waals surface area contributed by atoms with Crippen LogP contribution in [0.1, 0.15) is 5.56 Å². The third-order valence-electron chi connectivity index (χ3n) is 6.80. The van der Waals surface area contributed by atoms with Crippen molar-refractivity contribution < 1.29 is 19.4 Å². The highest BCUT2D eigenvalue weighted by atomic mass is 16.6. The Morgan fingerprint density at radius 3 is 2.39 bits per heavy atom. The molecule has 3 heterocycles. The normalized spacial score (nSPS) is 15.2. The molecule has 0 saturated carbocycles. The van der Waals surface area contributed by atoms with Crippen LogP contribution in [0.4, 0.5) is 5.69 Å². The molecule has 1 N–H and O–H groups in total. The standard InChI is InChI=1S/C30H28N4O4/c35-26-9-5-4-8-25(26)32-14-16-33(17-15-32)29(36)13-11-23-21-34(24-6-2-1-3-7-24)31-30(23)22-10-12-27-28(20-22)38-19-18-37-27/h1-13,20-21,35H,14-19H2/b13-11+. The number of hydrogen-bond acceptors (Lipinski definition) is 6. The molecule has 0 bridgehead atoms. The fourth-order valence-corrected chi connectivity index (χ4v) is 4.80. The van der Waals surface area contributed by atoms with Crippen LogP contribution in [0.5, 0.6) is 17.2 Å². The molecule has 0 spiro atoms. The number of hydrogen-bond donors (Lipinski definition) is 1. The number of ether oxygens (including phenoxy) is 2. The molecule has 6 rings (SSSR count). The van der Waals surface area contributed by atoms with E-state index in [0.717, 1.165) is 33.9 Å². The van der Waals surface area contributed by atoms with Crippen molar-refractivity contribution in [1.82, 2.24) is 14.7 Å². The zero-order valence-corrected chi connectivity index (χ0v) is 20.9. The lowest BCUT2D eigenvalue weighted by molar-refractivity contribution is -0.126. The van der Waals surface area contributed by atoms with Crippen LogP contribution in [-0.2, 0) is 4.79 Å². The lowest BCUT2D eigenvalue weighted by Gasteiger charge is -2.35. The summed E-state index contributed by atoms with van der Waals surface area (Å²) >= 11 is 0. The fraction of sp³-hybridized carbons (Fsp3) is 0.200. The van der Waals surface area contributed by atoms with Crippen LogP contribution in [-0.4, -0.2) is 65.1 Å². The van der Waals surface area contributed by atoms with Crippen molar-refractivity contribution >= 4 is 17.7 Å². The van der Waals surface area contributed by atoms with Crippen LogP contribution < -0.4 is 14.4 Å². The molecule has 192 valence electrons. The number of rotatable bonds is 5. The van der Waals surface area contributed by atoms with Gasteiger partial charge in [-0.25, -0.2) is 4.68 Å². The monoisotopic (exact) mass is 508 g/mol. The average molecular weight is 509 g/mol. The minimum atomic E-state index is -0.0532. The van der Waals surface area contributed by atoms with Gasteiger partial charge in [-0.2, -0.15) is 5.10 Å². The molecule has 1 saturated heterocycles. The van der Waals surface area contributed by atoms with E-state index in [2.05, 4.69) is 4.90 Å². The number of aromatic hydroxyl groups is 1. The predicted octanol–water partition coefficient (Wildman–Crippen LogP) is 4.38. The molecule has 38 heavy (non-hydrogen) atoms. The number of carbonyl (C=O) groups excluding carboxylic acids is 1. The maximum Gasteiger partial charge on any atom is 0.246 e. The second-order valence-corrected chi connectivity index (χ2v) is 9.21. The molecule has 2 aliphatic rings. The van der Waals surface area contributed by atoms with Gasteiger partial charge in [-0.05, 0) is 48.5 Å². The van der Waals surface area contributed by atoms with E-state index in [1.54, 1.807) is 12.1 Å². The van der Waals surface area contributed by atoms with Crippen LogP contribution in [0.3, 0.4) is 0 Å². The second-order valence-electron chi connectivity index (χ2n) is 9.21. The molecule has 4 aromatic rings. The van der Waals surface area contributed by atoms with E-state index in [9.17, 15) is 9.90 Å². The molecule has 8 heteroatoms. The summed E-state index contributed by atoms with van der Waals surface area (Å²) in [7, 11) is 0. The number of amides is 1. The van der Waals surface area contributed by atoms with Gasteiger partial charge in [0.25, 0.3) is 0 Å². The molecule has 0 radical (unpaired) electrons. The maximum absolute atomic E-state index is 13.1. The van der Waals surface area contributed by atoms with Gasteiger partial charge in [0.05, 0.1) is 11.4 Å². The Bertz CT molecular complexity index is 1470. The zero-order chi connectivity index (χ0) is 25.9. The van der Waals surface area contributed by atoms with Gasteiger partial charge < -0.3 is 24.4 Å². The van der Waals surface area contributed by atoms with Gasteiger partial charge >= 0.3 is 0 Å². The Hall–Kier alpha value is -4.72. The van der Waals surface area contributed by atoms with Crippen molar-refractivity contribution in [3.63, 3.8) is 0 Å². The van der Waals surface area contributed by atoms with E-state index in [0.29, 0.717) is 45.1 Å². The highest BCUT2D eigenvalue weighted by Crippen LogP contribution is 2.35. The van der Waals surface area contributed by atoms with Crippen molar-refractivity contribution in [1.29, 1.82) is 0 Å². The van der Waals surface area contributed by atoms with Crippen LogP contribution >= 0.6 is 0 Å². The number of phenolic OH excluding ortho intramolecular Hbond substituents is 1. The number of anilines is 1. The molecular weight excluding hydrogens is 480 g/mol. The third-order valence-corrected chi connectivity index (χ3v) is 6.80. The second kappa shape index (κ2) is 10.3. The fourth-order valence-electron chi connectivity index (χ4n) is 4.80. The number of para-hydroxylation sites is 3. The summed E-state index contributed by atoms with van der Waals surface area (Å²) in [5.41, 5.74) is 4.18. The van der Waals surface area contributed by atoms with Crippen LogP contribution in [0.25, 0.3) is 23.0 Å². The Balaban J connectivity index is 1.23. The van der Waals surface area contributed by atoms with Crippen molar-refractivity contribution in [3.05, 3.63) is 90.6 Å². The molecule has 1 aromatic heterocycles. The van der Waals surface area contributed by atoms with Gasteiger partial charge in [0.2, 0.25) is 5.91 Å². The number of benzene rings is 3. The summed E-state index contributed by atoms with van der Waals surface area (Å²) in [5, 5.41) is 15.0. The number of carbonyl (C=O) groups is 1. The zero-order valence-electron chi connectivity index (χ0n) is 20.9. The molecule has 0 aliphatic carbocycles. The Morgan fingerprint density at radius 2 is 1.61 bits per heavy atom. The van der Waals surface area contributed by atoms with Crippen molar-refractivity contribution in [2.24, 2.45) is 0 Å². The average Bonchev–Trinajstić information content (AvgIpc) is 3.41. The number of fused-ring (bicyclic) bond motifs is 1. The Kier molecular flexibility index (Phi) is 6.44. The van der Waals surface area contributed by atoms with Crippen LogP contribution in [0, 0.1) is 0 Å². The largest absolute Gasteiger partial charge is 0.506 e. The van der Waals surface area contributed by atoms with Gasteiger partial charge in [0, 0.05) is 49.6 Å². The van der Waals surface area contributed by atoms with Crippen molar-refractivity contribution in [3.8, 4) is 34.2 Å². The number of piperazine rings is 1. The van der Waals surface area contributed by atoms with Gasteiger partial charge in [-0.15, -0.1) is 0 Å². The third kappa shape index (κ3) is 4.80. The van der Waals surface area contributed by atoms with Crippen LogP contribution in [0.2, 0.25) is 0 Å². The van der Waals surface area contributed by atoms with Crippen LogP contribution in [0.15, 0.2) is 85.1 Å². The molecule has 0 atom stereocenters. The van der Waals surface area contributed by atoms with Gasteiger partial charge in [-0.1, -0.05) is 30.3 Å². The molecule has 1 fully saturated rings. The summed E-state index contributed by atoms with van der Waals surface area (Å²) in [6.45, 7) is 3.52. The van der Waals surface area contributed by atoms with Gasteiger partial charge in [0.15, 0.2) is 11.5 Å². The smallest absolute Gasteiger partial charge is 0.246 e. The minimum absolute atomic E-state index is 0.0532. The topological polar surface area (TPSA) is 80.1 Å². The number of aromatic nitrogens is 2. The summed E-state index contributed by atoms with van der Waals surface area (Å²) in [6, 6.07) is 23.0. The minimum Gasteiger partial charge on any atom is -0.506 e. The number of phenols is 1. The Morgan fingerprint density at radius 1 is 0.868 bits per heavy atom. The molecule has 0 unspecified atom stereocenters. The predicted molar refractivity (Wildman–Crippen MR) is 146 cm³/mol.